The number of carbonyl (C=O) groups is 1. The molecule has 1 unspecified atom stereocenters. The number of hydrogen-bond donors (Lipinski definition) is 1. The van der Waals surface area contributed by atoms with E-state index in [-0.39, 0.29) is 22.4 Å². The zero-order valence-electron chi connectivity index (χ0n) is 21.7. The van der Waals surface area contributed by atoms with Crippen LogP contribution in [0.15, 0.2) is 67.0 Å². The minimum Gasteiger partial charge on any atom is -0.496 e. The van der Waals surface area contributed by atoms with Gasteiger partial charge >= 0.3 is 0 Å². The van der Waals surface area contributed by atoms with Gasteiger partial charge < -0.3 is 14.6 Å². The van der Waals surface area contributed by atoms with Crippen LogP contribution in [0.4, 0.5) is 0 Å². The second-order valence-corrected chi connectivity index (χ2v) is 11.8. The van der Waals surface area contributed by atoms with Crippen LogP contribution in [0.1, 0.15) is 18.0 Å². The van der Waals surface area contributed by atoms with E-state index in [1.807, 2.05) is 44.7 Å². The highest BCUT2D eigenvalue weighted by atomic mass is 32.2. The summed E-state index contributed by atoms with van der Waals surface area (Å²) in [7, 11) is 5.58. The van der Waals surface area contributed by atoms with Crippen molar-refractivity contribution in [2.24, 2.45) is 0 Å². The Labute approximate surface area is 221 Å². The fraction of sp³-hybridized carbons (Fsp3) is 0.300. The number of rotatable bonds is 7. The standard InChI is InChI=1S/C30H34N4O2S/c1-33(2)29(35)18-27(34-12-14-37(4)15-13-34)22-9-7-8-21(16-22)23-17-25-26(20-32-30(25)31-19-23)24-10-5-6-11-28(24)36-3/h5-11,16-17,19-20,27H,4,12-15,18H2,1-3H3,(H,31,32). The Kier molecular flexibility index (Phi) is 7.44. The van der Waals surface area contributed by atoms with E-state index in [0.717, 1.165) is 69.2 Å². The van der Waals surface area contributed by atoms with Crippen molar-refractivity contribution in [3.63, 3.8) is 0 Å². The smallest absolute Gasteiger partial charge is 0.223 e. The second kappa shape index (κ2) is 10.9. The third kappa shape index (κ3) is 5.33. The van der Waals surface area contributed by atoms with Gasteiger partial charge in [0.15, 0.2) is 0 Å². The molecule has 0 bridgehead atoms. The summed E-state index contributed by atoms with van der Waals surface area (Å²) in [4.78, 5) is 25.0. The summed E-state index contributed by atoms with van der Waals surface area (Å²) in [5.41, 5.74) is 6.23. The van der Waals surface area contributed by atoms with Gasteiger partial charge in [-0.2, -0.15) is 10.5 Å². The van der Waals surface area contributed by atoms with Gasteiger partial charge in [-0.15, -0.1) is 0 Å². The summed E-state index contributed by atoms with van der Waals surface area (Å²) >= 11 is 0. The highest BCUT2D eigenvalue weighted by molar-refractivity contribution is 8.14. The average Bonchev–Trinajstić information content (AvgIpc) is 3.35. The fourth-order valence-corrected chi connectivity index (χ4v) is 6.19. The highest BCUT2D eigenvalue weighted by Crippen LogP contribution is 2.37. The summed E-state index contributed by atoms with van der Waals surface area (Å²) in [6.45, 7) is 1.95. The number of carbonyl (C=O) groups excluding carboxylic acids is 1. The summed E-state index contributed by atoms with van der Waals surface area (Å²) in [6.07, 6.45) is 4.37. The molecule has 1 N–H and O–H groups in total. The molecule has 5 rings (SSSR count). The van der Waals surface area contributed by atoms with Crippen LogP contribution in [0.3, 0.4) is 0 Å². The van der Waals surface area contributed by atoms with Crippen molar-refractivity contribution < 1.29 is 9.53 Å². The summed E-state index contributed by atoms with van der Waals surface area (Å²) < 4.78 is 5.61. The van der Waals surface area contributed by atoms with Crippen molar-refractivity contribution in [1.29, 1.82) is 0 Å². The molecule has 6 nitrogen and oxygen atoms in total. The predicted octanol–water partition coefficient (Wildman–Crippen LogP) is 5.44. The van der Waals surface area contributed by atoms with Gasteiger partial charge in [0.25, 0.3) is 0 Å². The van der Waals surface area contributed by atoms with Gasteiger partial charge in [0.2, 0.25) is 5.91 Å². The van der Waals surface area contributed by atoms with Gasteiger partial charge in [0.05, 0.1) is 7.11 Å². The van der Waals surface area contributed by atoms with E-state index in [0.29, 0.717) is 6.42 Å². The van der Waals surface area contributed by atoms with Crippen LogP contribution in [0.2, 0.25) is 0 Å². The lowest BCUT2D eigenvalue weighted by atomic mass is 9.96. The number of fused-ring (bicyclic) bond motifs is 1. The number of hydrogen-bond acceptors (Lipinski definition) is 4. The summed E-state index contributed by atoms with van der Waals surface area (Å²) in [6, 6.07) is 18.9. The zero-order valence-corrected chi connectivity index (χ0v) is 22.6. The minimum atomic E-state index is 0.0419. The molecule has 192 valence electrons. The molecule has 0 aliphatic carbocycles. The third-order valence-corrected chi connectivity index (χ3v) is 8.69. The Hall–Kier alpha value is -3.42. The van der Waals surface area contributed by atoms with Crippen molar-refractivity contribution in [2.45, 2.75) is 12.5 Å². The van der Waals surface area contributed by atoms with Gasteiger partial charge in [-0.1, -0.05) is 42.3 Å². The molecule has 0 radical (unpaired) electrons. The normalized spacial score (nSPS) is 15.5. The first-order chi connectivity index (χ1) is 17.9. The number of ether oxygens (including phenoxy) is 1. The van der Waals surface area contributed by atoms with Crippen LogP contribution in [0.25, 0.3) is 33.3 Å². The van der Waals surface area contributed by atoms with E-state index in [1.165, 1.54) is 0 Å². The van der Waals surface area contributed by atoms with Crippen LogP contribution in [0.5, 0.6) is 5.75 Å². The van der Waals surface area contributed by atoms with Gasteiger partial charge in [-0.3, -0.25) is 9.69 Å². The number of benzene rings is 2. The molecular weight excluding hydrogens is 480 g/mol. The van der Waals surface area contributed by atoms with Crippen molar-refractivity contribution in [2.75, 3.05) is 45.8 Å². The van der Waals surface area contributed by atoms with Crippen LogP contribution < -0.4 is 4.74 Å². The maximum atomic E-state index is 12.8. The molecule has 3 heterocycles. The number of pyridine rings is 1. The Morgan fingerprint density at radius 3 is 2.65 bits per heavy atom. The molecule has 0 spiro atoms. The molecule has 1 amide bonds. The fourth-order valence-electron chi connectivity index (χ4n) is 5.00. The molecule has 1 aliphatic heterocycles. The monoisotopic (exact) mass is 514 g/mol. The SMILES string of the molecule is C=S1CCN(C(CC(=O)N(C)C)c2cccc(-c3cnc4[nH]cc(-c5ccccc5OC)c4c3)c2)CC1. The van der Waals surface area contributed by atoms with Crippen LogP contribution >= 0.6 is 10.5 Å². The minimum absolute atomic E-state index is 0.0419. The van der Waals surface area contributed by atoms with Gasteiger partial charge in [0, 0.05) is 85.6 Å². The highest BCUT2D eigenvalue weighted by Gasteiger charge is 2.26. The molecule has 0 saturated carbocycles. The Morgan fingerprint density at radius 1 is 1.11 bits per heavy atom. The third-order valence-electron chi connectivity index (χ3n) is 7.17. The Balaban J connectivity index is 1.52. The number of aromatic amines is 1. The van der Waals surface area contributed by atoms with Crippen molar-refractivity contribution in [1.82, 2.24) is 19.8 Å². The number of para-hydroxylation sites is 1. The first kappa shape index (κ1) is 25.2. The number of aromatic nitrogens is 2. The van der Waals surface area contributed by atoms with Crippen molar-refractivity contribution in [3.05, 3.63) is 72.6 Å². The van der Waals surface area contributed by atoms with E-state index < -0.39 is 0 Å². The number of H-pyrrole nitrogens is 1. The van der Waals surface area contributed by atoms with Crippen LogP contribution in [0, 0.1) is 0 Å². The summed E-state index contributed by atoms with van der Waals surface area (Å²) in [5.74, 6) is 7.43. The molecule has 2 aromatic carbocycles. The number of amides is 1. The van der Waals surface area contributed by atoms with Gasteiger partial charge in [-0.25, -0.2) is 4.98 Å². The second-order valence-electron chi connectivity index (χ2n) is 9.71. The lowest BCUT2D eigenvalue weighted by molar-refractivity contribution is -0.130. The quantitative estimate of drug-likeness (QED) is 0.334. The first-order valence-corrected chi connectivity index (χ1v) is 14.3. The molecule has 7 heteroatoms. The largest absolute Gasteiger partial charge is 0.496 e. The van der Waals surface area contributed by atoms with Crippen molar-refractivity contribution in [3.8, 4) is 28.0 Å². The molecule has 4 aromatic rings. The molecule has 37 heavy (non-hydrogen) atoms. The van der Waals surface area contributed by atoms with Crippen molar-refractivity contribution >= 4 is 33.3 Å². The summed E-state index contributed by atoms with van der Waals surface area (Å²) in [5, 5.41) is 1.05. The molecule has 2 aromatic heterocycles. The lowest BCUT2D eigenvalue weighted by Gasteiger charge is -2.36. The van der Waals surface area contributed by atoms with Crippen LogP contribution in [-0.2, 0) is 4.79 Å². The first-order valence-electron chi connectivity index (χ1n) is 12.6. The van der Waals surface area contributed by atoms with E-state index in [1.54, 1.807) is 12.0 Å². The molecule has 1 saturated heterocycles. The number of nitrogens with zero attached hydrogens (tertiary/aromatic N) is 3. The maximum Gasteiger partial charge on any atom is 0.223 e. The number of methoxy groups -OCH3 is 1. The molecular formula is C30H34N4O2S. The average molecular weight is 515 g/mol. The Bertz CT molecular complexity index is 1430. The van der Waals surface area contributed by atoms with E-state index in [9.17, 15) is 4.79 Å². The predicted molar refractivity (Wildman–Crippen MR) is 156 cm³/mol. The van der Waals surface area contributed by atoms with E-state index >= 15 is 0 Å². The zero-order chi connectivity index (χ0) is 25.9. The van der Waals surface area contributed by atoms with Gasteiger partial charge in [-0.05, 0) is 29.3 Å². The van der Waals surface area contributed by atoms with Crippen LogP contribution in [-0.4, -0.2) is 77.3 Å². The van der Waals surface area contributed by atoms with E-state index in [2.05, 4.69) is 52.2 Å². The number of nitrogens with one attached hydrogen (secondary N) is 1. The van der Waals surface area contributed by atoms with E-state index in [4.69, 9.17) is 9.72 Å². The topological polar surface area (TPSA) is 61.5 Å². The maximum absolute atomic E-state index is 12.8. The molecule has 1 fully saturated rings. The molecule has 1 aliphatic rings. The Morgan fingerprint density at radius 2 is 1.89 bits per heavy atom. The van der Waals surface area contributed by atoms with Gasteiger partial charge in [0.1, 0.15) is 11.4 Å². The lowest BCUT2D eigenvalue weighted by Crippen LogP contribution is -2.39. The molecule has 1 atom stereocenters.